The van der Waals surface area contributed by atoms with E-state index in [1.807, 2.05) is 0 Å². The van der Waals surface area contributed by atoms with Gasteiger partial charge in [-0.3, -0.25) is 24.0 Å². The third kappa shape index (κ3) is 15.1. The van der Waals surface area contributed by atoms with Crippen molar-refractivity contribution in [3.63, 3.8) is 0 Å². The zero-order valence-corrected chi connectivity index (χ0v) is 31.1. The molecule has 0 aromatic heterocycles. The molecule has 16 heteroatoms. The van der Waals surface area contributed by atoms with Gasteiger partial charge < -0.3 is 54.0 Å². The van der Waals surface area contributed by atoms with Gasteiger partial charge in [-0.15, -0.1) is 0 Å². The number of carbonyl (C=O) groups excluding carboxylic acids is 5. The Bertz CT molecular complexity index is 1420. The summed E-state index contributed by atoms with van der Waals surface area (Å²) in [6.45, 7) is 0.764. The summed E-state index contributed by atoms with van der Waals surface area (Å²) in [5.41, 5.74) is 18.0. The Morgan fingerprint density at radius 2 is 1.33 bits per heavy atom. The number of unbranched alkanes of at least 4 members (excludes halogenated alkanes) is 2. The Balaban J connectivity index is 1.89. The van der Waals surface area contributed by atoms with Gasteiger partial charge in [-0.05, 0) is 94.5 Å². The van der Waals surface area contributed by atoms with Gasteiger partial charge in [0.1, 0.15) is 36.0 Å². The van der Waals surface area contributed by atoms with E-state index in [2.05, 4.69) is 26.6 Å². The number of phenols is 1. The van der Waals surface area contributed by atoms with Crippen LogP contribution in [0.4, 0.5) is 0 Å². The van der Waals surface area contributed by atoms with Gasteiger partial charge in [-0.25, -0.2) is 4.79 Å². The largest absolute Gasteiger partial charge is 0.508 e. The van der Waals surface area contributed by atoms with Crippen molar-refractivity contribution in [1.29, 1.82) is 0 Å². The van der Waals surface area contributed by atoms with Crippen molar-refractivity contribution < 1.29 is 39.0 Å². The molecule has 0 spiro atoms. The van der Waals surface area contributed by atoms with Crippen LogP contribution >= 0.6 is 0 Å². The predicted molar refractivity (Wildman–Crippen MR) is 202 cm³/mol. The van der Waals surface area contributed by atoms with Gasteiger partial charge in [0, 0.05) is 6.42 Å². The smallest absolute Gasteiger partial charge is 0.326 e. The average molecular weight is 757 g/mol. The molecule has 0 saturated heterocycles. The predicted octanol–water partition coefficient (Wildman–Crippen LogP) is 0.349. The third-order valence-corrected chi connectivity index (χ3v) is 9.98. The Morgan fingerprint density at radius 1 is 0.759 bits per heavy atom. The number of carboxylic acids is 1. The van der Waals surface area contributed by atoms with Crippen LogP contribution in [0, 0.1) is 5.92 Å². The van der Waals surface area contributed by atoms with Crippen LogP contribution in [-0.4, -0.2) is 95.1 Å². The summed E-state index contributed by atoms with van der Waals surface area (Å²) >= 11 is 0. The highest BCUT2D eigenvalue weighted by molar-refractivity contribution is 5.96. The second-order valence-corrected chi connectivity index (χ2v) is 14.4. The van der Waals surface area contributed by atoms with E-state index < -0.39 is 71.8 Å². The summed E-state index contributed by atoms with van der Waals surface area (Å²) in [5, 5.41) is 33.4. The third-order valence-electron chi connectivity index (χ3n) is 9.98. The number of phenolic OH excluding ortho intramolecular Hbond substituents is 1. The highest BCUT2D eigenvalue weighted by atomic mass is 16.4. The fourth-order valence-electron chi connectivity index (χ4n) is 6.76. The van der Waals surface area contributed by atoms with Crippen molar-refractivity contribution in [3.8, 4) is 5.75 Å². The second-order valence-electron chi connectivity index (χ2n) is 14.4. The van der Waals surface area contributed by atoms with Crippen molar-refractivity contribution in [2.45, 2.75) is 133 Å². The van der Waals surface area contributed by atoms with E-state index in [0.717, 1.165) is 32.1 Å². The first-order chi connectivity index (χ1) is 25.9. The van der Waals surface area contributed by atoms with Crippen LogP contribution in [0.25, 0.3) is 0 Å². The molecular formula is C38H60N8O8. The first-order valence-corrected chi connectivity index (χ1v) is 19.2. The zero-order valence-electron chi connectivity index (χ0n) is 31.1. The van der Waals surface area contributed by atoms with E-state index in [1.54, 1.807) is 24.3 Å². The minimum atomic E-state index is -1.25. The molecule has 6 atom stereocenters. The molecule has 1 aromatic rings. The van der Waals surface area contributed by atoms with Crippen LogP contribution in [0.5, 0.6) is 5.75 Å². The highest BCUT2D eigenvalue weighted by Crippen LogP contribution is 2.27. The van der Waals surface area contributed by atoms with Crippen LogP contribution in [0.15, 0.2) is 36.4 Å². The SMILES string of the molecule is NCCCC[C@@H]1NC(=O)[C@H](CCCCN)NC(=O)[C@@H](N)C/C=C/C[C@@H](C(=O)N[C@@H](Cc2ccc(O)cc2)C(=O)N[C@@H](CC2CCCCC2)C(=O)O)NC1=O. The molecular weight excluding hydrogens is 696 g/mol. The van der Waals surface area contributed by atoms with Gasteiger partial charge in [0.05, 0.1) is 6.04 Å². The van der Waals surface area contributed by atoms with E-state index >= 15 is 0 Å². The molecule has 0 bridgehead atoms. The lowest BCUT2D eigenvalue weighted by Gasteiger charge is -2.28. The first-order valence-electron chi connectivity index (χ1n) is 19.2. The highest BCUT2D eigenvalue weighted by Gasteiger charge is 2.33. The van der Waals surface area contributed by atoms with Crippen molar-refractivity contribution in [1.82, 2.24) is 26.6 Å². The lowest BCUT2D eigenvalue weighted by atomic mass is 9.84. The maximum atomic E-state index is 14.0. The summed E-state index contributed by atoms with van der Waals surface area (Å²) < 4.78 is 0. The molecule has 1 fully saturated rings. The minimum absolute atomic E-state index is 0.00335. The van der Waals surface area contributed by atoms with E-state index in [1.165, 1.54) is 12.1 Å². The Labute approximate surface area is 317 Å². The molecule has 0 radical (unpaired) electrons. The number of hydrogen-bond acceptors (Lipinski definition) is 10. The van der Waals surface area contributed by atoms with Gasteiger partial charge >= 0.3 is 5.97 Å². The van der Waals surface area contributed by atoms with Crippen LogP contribution in [-0.2, 0) is 35.2 Å². The van der Waals surface area contributed by atoms with Crippen LogP contribution < -0.4 is 43.8 Å². The Hall–Kier alpha value is -4.54. The van der Waals surface area contributed by atoms with Gasteiger partial charge in [0.25, 0.3) is 0 Å². The summed E-state index contributed by atoms with van der Waals surface area (Å²) in [4.78, 5) is 80.4. The number of amides is 5. The molecule has 13 N–H and O–H groups in total. The van der Waals surface area contributed by atoms with Crippen LogP contribution in [0.2, 0.25) is 0 Å². The zero-order chi connectivity index (χ0) is 39.5. The molecule has 1 aromatic carbocycles. The summed E-state index contributed by atoms with van der Waals surface area (Å²) in [6.07, 6.45) is 11.0. The van der Waals surface area contributed by atoms with E-state index in [0.29, 0.717) is 44.3 Å². The topological polar surface area (TPSA) is 281 Å². The van der Waals surface area contributed by atoms with Crippen molar-refractivity contribution in [2.24, 2.45) is 23.1 Å². The lowest BCUT2D eigenvalue weighted by molar-refractivity contribution is -0.143. The molecule has 5 amide bonds. The van der Waals surface area contributed by atoms with Crippen LogP contribution in [0.1, 0.15) is 95.5 Å². The summed E-state index contributed by atoms with van der Waals surface area (Å²) in [6, 6.07) is -0.669. The van der Waals surface area contributed by atoms with Crippen LogP contribution in [0.3, 0.4) is 0 Å². The molecule has 0 unspecified atom stereocenters. The van der Waals surface area contributed by atoms with Crippen molar-refractivity contribution in [2.75, 3.05) is 13.1 Å². The molecule has 1 saturated carbocycles. The summed E-state index contributed by atoms with van der Waals surface area (Å²) in [5.74, 6) is -4.25. The quantitative estimate of drug-likeness (QED) is 0.0765. The fourth-order valence-corrected chi connectivity index (χ4v) is 6.76. The number of aromatic hydroxyl groups is 1. The molecule has 1 heterocycles. The van der Waals surface area contributed by atoms with E-state index in [-0.39, 0.29) is 50.2 Å². The maximum Gasteiger partial charge on any atom is 0.326 e. The standard InChI is InChI=1S/C38H60N8O8/c39-20-8-6-14-28-34(49)44-30(15-7-9-21-40)35(50)43-29(13-5-4-12-27(41)33(48)42-28)36(51)45-31(22-25-16-18-26(47)19-17-25)37(52)46-32(38(53)54)23-24-10-2-1-3-11-24/h4-5,16-19,24,27-32,47H,1-3,6-15,20-23,39-41H2,(H,42,48)(H,43,50)(H,44,49)(H,45,51)(H,46,52)(H,53,54)/b5-4+/t27-,28-,29-,30-,31-,32-/m0/s1. The minimum Gasteiger partial charge on any atom is -0.508 e. The second kappa shape index (κ2) is 23.3. The molecule has 300 valence electrons. The number of rotatable bonds is 17. The summed E-state index contributed by atoms with van der Waals surface area (Å²) in [7, 11) is 0. The average Bonchev–Trinajstić information content (AvgIpc) is 3.15. The number of carbonyl (C=O) groups is 6. The number of carboxylic acid groups (broad SMARTS) is 1. The van der Waals surface area contributed by atoms with Gasteiger partial charge in [0.15, 0.2) is 0 Å². The number of hydrogen-bond donors (Lipinski definition) is 10. The first kappa shape index (κ1) is 43.9. The Morgan fingerprint density at radius 3 is 1.93 bits per heavy atom. The molecule has 16 nitrogen and oxygen atoms in total. The van der Waals surface area contributed by atoms with Crippen molar-refractivity contribution in [3.05, 3.63) is 42.0 Å². The number of benzene rings is 1. The lowest BCUT2D eigenvalue weighted by Crippen LogP contribution is -2.59. The maximum absolute atomic E-state index is 14.0. The van der Waals surface area contributed by atoms with E-state index in [9.17, 15) is 39.0 Å². The normalized spacial score (nSPS) is 23.4. The number of nitrogens with two attached hydrogens (primary N) is 3. The Kier molecular flexibility index (Phi) is 18.9. The number of aliphatic carboxylic acids is 1. The van der Waals surface area contributed by atoms with Gasteiger partial charge in [-0.1, -0.05) is 56.4 Å². The molecule has 3 rings (SSSR count). The molecule has 2 aliphatic rings. The van der Waals surface area contributed by atoms with Gasteiger partial charge in [-0.2, -0.15) is 0 Å². The van der Waals surface area contributed by atoms with E-state index in [4.69, 9.17) is 17.2 Å². The molecule has 1 aliphatic heterocycles. The number of nitrogens with one attached hydrogen (secondary N) is 5. The fraction of sp³-hybridized carbons (Fsp3) is 0.632. The molecule has 1 aliphatic carbocycles. The molecule has 54 heavy (non-hydrogen) atoms. The van der Waals surface area contributed by atoms with Gasteiger partial charge in [0.2, 0.25) is 29.5 Å². The monoisotopic (exact) mass is 756 g/mol. The van der Waals surface area contributed by atoms with Crippen molar-refractivity contribution >= 4 is 35.5 Å².